The van der Waals surface area contributed by atoms with Crippen LogP contribution in [0.2, 0.25) is 0 Å². The first kappa shape index (κ1) is 19.8. The van der Waals surface area contributed by atoms with E-state index in [1.165, 1.54) is 16.8 Å². The van der Waals surface area contributed by atoms with E-state index in [1.807, 2.05) is 37.3 Å². The van der Waals surface area contributed by atoms with Crippen LogP contribution in [0.1, 0.15) is 34.6 Å². The van der Waals surface area contributed by atoms with Crippen molar-refractivity contribution in [1.29, 1.82) is 5.26 Å². The molecule has 1 aromatic heterocycles. The van der Waals surface area contributed by atoms with E-state index in [4.69, 9.17) is 10.00 Å². The zero-order chi connectivity index (χ0) is 20.6. The van der Waals surface area contributed by atoms with Crippen LogP contribution < -0.4 is 15.6 Å². The second-order valence-electron chi connectivity index (χ2n) is 6.37. The summed E-state index contributed by atoms with van der Waals surface area (Å²) >= 11 is 0. The van der Waals surface area contributed by atoms with E-state index < -0.39 is 0 Å². The fraction of sp³-hybridized carbons (Fsp3) is 0.182. The molecule has 0 fully saturated rings. The van der Waals surface area contributed by atoms with Gasteiger partial charge in [0.25, 0.3) is 11.5 Å². The van der Waals surface area contributed by atoms with Gasteiger partial charge in [-0.1, -0.05) is 30.3 Å². The fourth-order valence-electron chi connectivity index (χ4n) is 2.70. The molecule has 0 bridgehead atoms. The number of nitrogens with one attached hydrogen (secondary N) is 1. The first-order valence-electron chi connectivity index (χ1n) is 9.14. The van der Waals surface area contributed by atoms with Gasteiger partial charge in [0.05, 0.1) is 24.2 Å². The topological polar surface area (TPSA) is 97.0 Å². The van der Waals surface area contributed by atoms with E-state index in [1.54, 1.807) is 24.3 Å². The average Bonchev–Trinajstić information content (AvgIpc) is 2.75. The number of nitriles is 1. The maximum absolute atomic E-state index is 12.5. The van der Waals surface area contributed by atoms with Crippen LogP contribution in [0.4, 0.5) is 0 Å². The van der Waals surface area contributed by atoms with Gasteiger partial charge >= 0.3 is 0 Å². The van der Waals surface area contributed by atoms with Gasteiger partial charge in [0.2, 0.25) is 0 Å². The molecule has 1 atom stereocenters. The van der Waals surface area contributed by atoms with Gasteiger partial charge in [0.15, 0.2) is 0 Å². The van der Waals surface area contributed by atoms with Crippen molar-refractivity contribution in [2.45, 2.75) is 19.5 Å². The predicted molar refractivity (Wildman–Crippen MR) is 107 cm³/mol. The Morgan fingerprint density at radius 1 is 1.14 bits per heavy atom. The van der Waals surface area contributed by atoms with Gasteiger partial charge in [-0.15, -0.1) is 0 Å². The van der Waals surface area contributed by atoms with Crippen LogP contribution in [0, 0.1) is 11.3 Å². The smallest absolute Gasteiger partial charge is 0.272 e. The molecule has 7 nitrogen and oxygen atoms in total. The third kappa shape index (κ3) is 5.30. The summed E-state index contributed by atoms with van der Waals surface area (Å²) in [6, 6.07) is 20.7. The summed E-state index contributed by atoms with van der Waals surface area (Å²) in [6.45, 7) is 2.31. The largest absolute Gasteiger partial charge is 0.492 e. The van der Waals surface area contributed by atoms with Crippen LogP contribution in [-0.2, 0) is 6.54 Å². The molecule has 146 valence electrons. The number of aromatic nitrogens is 2. The molecule has 0 saturated carbocycles. The van der Waals surface area contributed by atoms with Gasteiger partial charge in [-0.2, -0.15) is 10.4 Å². The molecule has 0 aliphatic carbocycles. The van der Waals surface area contributed by atoms with E-state index in [9.17, 15) is 9.59 Å². The van der Waals surface area contributed by atoms with Crippen molar-refractivity contribution in [3.63, 3.8) is 0 Å². The van der Waals surface area contributed by atoms with Crippen LogP contribution in [0.25, 0.3) is 0 Å². The molecule has 29 heavy (non-hydrogen) atoms. The Morgan fingerprint density at radius 3 is 2.55 bits per heavy atom. The predicted octanol–water partition coefficient (Wildman–Crippen LogP) is 2.68. The Kier molecular flexibility index (Phi) is 6.38. The average molecular weight is 388 g/mol. The Balaban J connectivity index is 1.63. The molecule has 2 aromatic carbocycles. The highest BCUT2D eigenvalue weighted by atomic mass is 16.5. The second kappa shape index (κ2) is 9.33. The molecule has 0 saturated heterocycles. The Labute approximate surface area is 168 Å². The molecule has 1 amide bonds. The molecule has 0 spiro atoms. The second-order valence-corrected chi connectivity index (χ2v) is 6.37. The van der Waals surface area contributed by atoms with E-state index in [0.29, 0.717) is 11.3 Å². The van der Waals surface area contributed by atoms with Crippen molar-refractivity contribution >= 4 is 5.91 Å². The molecule has 1 N–H and O–H groups in total. The van der Waals surface area contributed by atoms with Crippen molar-refractivity contribution in [3.05, 3.63) is 93.9 Å². The Hall–Kier alpha value is -3.92. The van der Waals surface area contributed by atoms with Gasteiger partial charge < -0.3 is 10.1 Å². The number of hydrogen-bond donors (Lipinski definition) is 1. The molecule has 0 aliphatic heterocycles. The highest BCUT2D eigenvalue weighted by molar-refractivity contribution is 5.92. The van der Waals surface area contributed by atoms with Crippen LogP contribution in [0.15, 0.2) is 71.5 Å². The molecule has 3 rings (SSSR count). The van der Waals surface area contributed by atoms with Crippen molar-refractivity contribution < 1.29 is 9.53 Å². The van der Waals surface area contributed by atoms with E-state index in [2.05, 4.69) is 16.5 Å². The molecular formula is C22H20N4O3. The fourth-order valence-corrected chi connectivity index (χ4v) is 2.70. The zero-order valence-corrected chi connectivity index (χ0v) is 15.9. The number of amides is 1. The summed E-state index contributed by atoms with van der Waals surface area (Å²) in [5, 5.41) is 15.9. The quantitative estimate of drug-likeness (QED) is 0.671. The maximum Gasteiger partial charge on any atom is 0.272 e. The highest BCUT2D eigenvalue weighted by Gasteiger charge is 2.14. The number of para-hydroxylation sites is 1. The SMILES string of the molecule is CC(NC(=O)c1ccc(=O)n(CCOc2ccccc2)n1)c1ccc(C#N)cc1. The van der Waals surface area contributed by atoms with Crippen LogP contribution >= 0.6 is 0 Å². The number of carbonyl (C=O) groups is 1. The molecule has 0 radical (unpaired) electrons. The minimum absolute atomic E-state index is 0.143. The Morgan fingerprint density at radius 2 is 1.86 bits per heavy atom. The maximum atomic E-state index is 12.5. The van der Waals surface area contributed by atoms with Gasteiger partial charge in [-0.3, -0.25) is 9.59 Å². The number of benzene rings is 2. The van der Waals surface area contributed by atoms with Crippen LogP contribution in [0.5, 0.6) is 5.75 Å². The number of carbonyl (C=O) groups excluding carboxylic acids is 1. The molecule has 0 aliphatic rings. The lowest BCUT2D eigenvalue weighted by molar-refractivity contribution is 0.0931. The molecular weight excluding hydrogens is 368 g/mol. The van der Waals surface area contributed by atoms with Crippen molar-refractivity contribution in [2.75, 3.05) is 6.61 Å². The van der Waals surface area contributed by atoms with Crippen molar-refractivity contribution in [1.82, 2.24) is 15.1 Å². The number of rotatable bonds is 7. The monoisotopic (exact) mass is 388 g/mol. The third-order valence-corrected chi connectivity index (χ3v) is 4.30. The number of hydrogen-bond acceptors (Lipinski definition) is 5. The highest BCUT2D eigenvalue weighted by Crippen LogP contribution is 2.13. The molecule has 1 unspecified atom stereocenters. The van der Waals surface area contributed by atoms with Gasteiger partial charge in [-0.25, -0.2) is 4.68 Å². The molecule has 1 heterocycles. The lowest BCUT2D eigenvalue weighted by Crippen LogP contribution is -2.32. The normalized spacial score (nSPS) is 11.3. The minimum atomic E-state index is -0.389. The molecule has 3 aromatic rings. The van der Waals surface area contributed by atoms with Gasteiger partial charge in [0, 0.05) is 6.07 Å². The number of ether oxygens (including phenoxy) is 1. The van der Waals surface area contributed by atoms with E-state index in [-0.39, 0.29) is 36.4 Å². The zero-order valence-electron chi connectivity index (χ0n) is 15.9. The summed E-state index contributed by atoms with van der Waals surface area (Å²) in [5.74, 6) is 0.310. The minimum Gasteiger partial charge on any atom is -0.492 e. The molecule has 7 heteroatoms. The summed E-state index contributed by atoms with van der Waals surface area (Å²) in [4.78, 5) is 24.6. The first-order chi connectivity index (χ1) is 14.1. The number of nitrogens with zero attached hydrogens (tertiary/aromatic N) is 3. The van der Waals surface area contributed by atoms with Gasteiger partial charge in [0.1, 0.15) is 18.1 Å². The Bertz CT molecular complexity index is 1070. The van der Waals surface area contributed by atoms with Crippen molar-refractivity contribution in [2.24, 2.45) is 0 Å². The lowest BCUT2D eigenvalue weighted by Gasteiger charge is -2.14. The summed E-state index contributed by atoms with van der Waals surface area (Å²) in [6.07, 6.45) is 0. The lowest BCUT2D eigenvalue weighted by atomic mass is 10.1. The third-order valence-electron chi connectivity index (χ3n) is 4.30. The summed E-state index contributed by atoms with van der Waals surface area (Å²) in [7, 11) is 0. The summed E-state index contributed by atoms with van der Waals surface area (Å²) in [5.41, 5.74) is 1.25. The van der Waals surface area contributed by atoms with Gasteiger partial charge in [-0.05, 0) is 42.8 Å². The standard InChI is InChI=1S/C22H20N4O3/c1-16(18-9-7-17(15-23)8-10-18)24-22(28)20-11-12-21(27)26(25-20)13-14-29-19-5-3-2-4-6-19/h2-12,16H,13-14H2,1H3,(H,24,28). The van der Waals surface area contributed by atoms with E-state index in [0.717, 1.165) is 5.56 Å². The van der Waals surface area contributed by atoms with E-state index >= 15 is 0 Å². The van der Waals surface area contributed by atoms with Crippen LogP contribution in [0.3, 0.4) is 0 Å². The van der Waals surface area contributed by atoms with Crippen LogP contribution in [-0.4, -0.2) is 22.3 Å². The first-order valence-corrected chi connectivity index (χ1v) is 9.14. The van der Waals surface area contributed by atoms with Crippen molar-refractivity contribution in [3.8, 4) is 11.8 Å². The summed E-state index contributed by atoms with van der Waals surface area (Å²) < 4.78 is 6.80.